The van der Waals surface area contributed by atoms with Crippen molar-refractivity contribution in [3.8, 4) is 5.75 Å². The normalized spacial score (nSPS) is 29.8. The lowest BCUT2D eigenvalue weighted by atomic mass is 10.0. The molecule has 0 spiro atoms. The van der Waals surface area contributed by atoms with Crippen LogP contribution < -0.4 is 15.8 Å². The molecule has 0 saturated carbocycles. The maximum absolute atomic E-state index is 11.1. The Hall–Kier alpha value is -1.75. The van der Waals surface area contributed by atoms with Gasteiger partial charge in [0.2, 0.25) is 0 Å². The number of H-pyrrole nitrogens is 1. The van der Waals surface area contributed by atoms with Gasteiger partial charge in [0.05, 0.1) is 5.52 Å². The number of benzene rings is 1. The molecule has 5 nitrogen and oxygen atoms in total. The van der Waals surface area contributed by atoms with E-state index in [1.54, 1.807) is 6.07 Å². The van der Waals surface area contributed by atoms with E-state index in [4.69, 9.17) is 9.15 Å². The highest BCUT2D eigenvalue weighted by molar-refractivity contribution is 5.73. The summed E-state index contributed by atoms with van der Waals surface area (Å²) < 4.78 is 11.1. The predicted molar refractivity (Wildman–Crippen MR) is 70.4 cm³/mol. The number of hydrogen-bond donors (Lipinski definition) is 2. The van der Waals surface area contributed by atoms with E-state index >= 15 is 0 Å². The predicted octanol–water partition coefficient (Wildman–Crippen LogP) is 1.78. The second-order valence-electron chi connectivity index (χ2n) is 5.52. The second kappa shape index (κ2) is 4.13. The first-order chi connectivity index (χ1) is 9.26. The van der Waals surface area contributed by atoms with Crippen molar-refractivity contribution < 1.29 is 9.15 Å². The van der Waals surface area contributed by atoms with Crippen LogP contribution in [-0.4, -0.2) is 23.2 Å². The minimum atomic E-state index is -0.424. The van der Waals surface area contributed by atoms with Crippen LogP contribution in [0.2, 0.25) is 0 Å². The van der Waals surface area contributed by atoms with Crippen molar-refractivity contribution in [2.45, 2.75) is 43.9 Å². The van der Waals surface area contributed by atoms with Gasteiger partial charge < -0.3 is 14.5 Å². The highest BCUT2D eigenvalue weighted by Crippen LogP contribution is 2.30. The molecule has 3 heterocycles. The molecule has 1 aromatic carbocycles. The Bertz CT molecular complexity index is 648. The van der Waals surface area contributed by atoms with Crippen molar-refractivity contribution >= 4 is 11.1 Å². The summed E-state index contributed by atoms with van der Waals surface area (Å²) in [6.45, 7) is 0. The summed E-state index contributed by atoms with van der Waals surface area (Å²) in [6, 6.07) is 6.72. The lowest BCUT2D eigenvalue weighted by Crippen LogP contribution is -2.42. The highest BCUT2D eigenvalue weighted by atomic mass is 16.5. The lowest BCUT2D eigenvalue weighted by molar-refractivity contribution is 0.137. The van der Waals surface area contributed by atoms with Crippen LogP contribution in [0.4, 0.5) is 0 Å². The Labute approximate surface area is 109 Å². The van der Waals surface area contributed by atoms with Crippen LogP contribution in [0.25, 0.3) is 11.1 Å². The van der Waals surface area contributed by atoms with Crippen molar-refractivity contribution in [2.75, 3.05) is 0 Å². The van der Waals surface area contributed by atoms with Gasteiger partial charge in [0.15, 0.2) is 5.58 Å². The zero-order valence-electron chi connectivity index (χ0n) is 10.5. The molecule has 2 fully saturated rings. The smallest absolute Gasteiger partial charge is 0.417 e. The van der Waals surface area contributed by atoms with Gasteiger partial charge in [-0.1, -0.05) is 0 Å². The summed E-state index contributed by atoms with van der Waals surface area (Å²) in [4.78, 5) is 13.7. The third kappa shape index (κ3) is 2.04. The molecule has 0 unspecified atom stereocenters. The average Bonchev–Trinajstić information content (AvgIpc) is 2.91. The molecular formula is C14H16N2O3. The van der Waals surface area contributed by atoms with E-state index in [2.05, 4.69) is 10.3 Å². The van der Waals surface area contributed by atoms with Crippen LogP contribution in [-0.2, 0) is 0 Å². The minimum Gasteiger partial charge on any atom is -0.490 e. The molecule has 3 atom stereocenters. The third-order valence-corrected chi connectivity index (χ3v) is 4.13. The maximum atomic E-state index is 11.1. The molecule has 0 radical (unpaired) electrons. The van der Waals surface area contributed by atoms with Crippen LogP contribution in [0.15, 0.2) is 27.4 Å². The molecule has 2 aliphatic heterocycles. The number of aromatic amines is 1. The zero-order chi connectivity index (χ0) is 12.8. The number of hydrogen-bond acceptors (Lipinski definition) is 4. The fourth-order valence-electron chi connectivity index (χ4n) is 3.29. The van der Waals surface area contributed by atoms with Gasteiger partial charge >= 0.3 is 5.76 Å². The van der Waals surface area contributed by atoms with E-state index in [0.29, 0.717) is 23.2 Å². The van der Waals surface area contributed by atoms with Crippen LogP contribution in [0, 0.1) is 0 Å². The molecule has 100 valence electrons. The van der Waals surface area contributed by atoms with E-state index in [0.717, 1.165) is 18.6 Å². The number of oxazole rings is 1. The van der Waals surface area contributed by atoms with Gasteiger partial charge in [-0.25, -0.2) is 4.79 Å². The van der Waals surface area contributed by atoms with Crippen molar-refractivity contribution in [1.82, 2.24) is 10.3 Å². The number of ether oxygens (including phenoxy) is 1. The van der Waals surface area contributed by atoms with Crippen LogP contribution in [0.3, 0.4) is 0 Å². The summed E-state index contributed by atoms with van der Waals surface area (Å²) in [5.41, 5.74) is 1.27. The summed E-state index contributed by atoms with van der Waals surface area (Å²) in [6.07, 6.45) is 4.91. The SMILES string of the molecule is O=c1[nH]c2ccc(O[C@H]3C[C@H]4CC[C@@H](C3)N4)cc2o1. The average molecular weight is 260 g/mol. The lowest BCUT2D eigenvalue weighted by Gasteiger charge is -2.29. The summed E-state index contributed by atoms with van der Waals surface area (Å²) in [5.74, 6) is 0.355. The largest absolute Gasteiger partial charge is 0.490 e. The van der Waals surface area contributed by atoms with Gasteiger partial charge in [-0.3, -0.25) is 4.98 Å². The Morgan fingerprint density at radius 2 is 2.00 bits per heavy atom. The monoisotopic (exact) mass is 260 g/mol. The number of rotatable bonds is 2. The Balaban J connectivity index is 1.56. The molecule has 2 aliphatic rings. The fourth-order valence-corrected chi connectivity index (χ4v) is 3.29. The van der Waals surface area contributed by atoms with Gasteiger partial charge in [0.1, 0.15) is 11.9 Å². The molecule has 0 aliphatic carbocycles. The molecule has 2 N–H and O–H groups in total. The number of fused-ring (bicyclic) bond motifs is 3. The summed E-state index contributed by atoms with van der Waals surface area (Å²) in [7, 11) is 0. The minimum absolute atomic E-state index is 0.266. The maximum Gasteiger partial charge on any atom is 0.417 e. The standard InChI is InChI=1S/C14H16N2O3/c17-14-16-12-4-3-10(7-13(12)19-14)18-11-5-8-1-2-9(6-11)15-8/h3-4,7-9,11,15H,1-2,5-6H2,(H,16,17)/t8-,9+,11+. The quantitative estimate of drug-likeness (QED) is 0.863. The molecule has 19 heavy (non-hydrogen) atoms. The Morgan fingerprint density at radius 1 is 1.21 bits per heavy atom. The van der Waals surface area contributed by atoms with Crippen LogP contribution >= 0.6 is 0 Å². The first-order valence-corrected chi connectivity index (χ1v) is 6.82. The van der Waals surface area contributed by atoms with E-state index in [9.17, 15) is 4.79 Å². The number of piperidine rings is 1. The van der Waals surface area contributed by atoms with Crippen molar-refractivity contribution in [3.05, 3.63) is 28.7 Å². The number of nitrogens with one attached hydrogen (secondary N) is 2. The molecule has 4 rings (SSSR count). The van der Waals surface area contributed by atoms with Gasteiger partial charge in [0, 0.05) is 18.2 Å². The molecule has 2 bridgehead atoms. The molecule has 2 aromatic rings. The van der Waals surface area contributed by atoms with Crippen molar-refractivity contribution in [2.24, 2.45) is 0 Å². The molecule has 2 saturated heterocycles. The van der Waals surface area contributed by atoms with Gasteiger partial charge in [-0.2, -0.15) is 0 Å². The molecular weight excluding hydrogens is 244 g/mol. The topological polar surface area (TPSA) is 67.3 Å². The van der Waals surface area contributed by atoms with E-state index < -0.39 is 5.76 Å². The Morgan fingerprint density at radius 3 is 2.79 bits per heavy atom. The van der Waals surface area contributed by atoms with Gasteiger partial charge in [0.25, 0.3) is 0 Å². The first kappa shape index (κ1) is 11.1. The second-order valence-corrected chi connectivity index (χ2v) is 5.52. The number of aromatic nitrogens is 1. The molecule has 5 heteroatoms. The van der Waals surface area contributed by atoms with Gasteiger partial charge in [-0.05, 0) is 37.8 Å². The van der Waals surface area contributed by atoms with Crippen molar-refractivity contribution in [3.63, 3.8) is 0 Å². The van der Waals surface area contributed by atoms with E-state index in [-0.39, 0.29) is 6.10 Å². The summed E-state index contributed by atoms with van der Waals surface area (Å²) in [5, 5.41) is 3.59. The van der Waals surface area contributed by atoms with Crippen LogP contribution in [0.5, 0.6) is 5.75 Å². The zero-order valence-corrected chi connectivity index (χ0v) is 10.5. The van der Waals surface area contributed by atoms with E-state index in [1.165, 1.54) is 12.8 Å². The van der Waals surface area contributed by atoms with Gasteiger partial charge in [-0.15, -0.1) is 0 Å². The Kier molecular flexibility index (Phi) is 2.41. The fraction of sp³-hybridized carbons (Fsp3) is 0.500. The van der Waals surface area contributed by atoms with E-state index in [1.807, 2.05) is 12.1 Å². The third-order valence-electron chi connectivity index (χ3n) is 4.13. The highest BCUT2D eigenvalue weighted by Gasteiger charge is 2.34. The molecule has 0 amide bonds. The van der Waals surface area contributed by atoms with Crippen LogP contribution in [0.1, 0.15) is 25.7 Å². The molecule has 1 aromatic heterocycles. The summed E-state index contributed by atoms with van der Waals surface area (Å²) >= 11 is 0. The first-order valence-electron chi connectivity index (χ1n) is 6.82. The van der Waals surface area contributed by atoms with Crippen molar-refractivity contribution in [1.29, 1.82) is 0 Å².